The third kappa shape index (κ3) is 1.63. The van der Waals surface area contributed by atoms with Gasteiger partial charge >= 0.3 is 0 Å². The van der Waals surface area contributed by atoms with Gasteiger partial charge in [-0.05, 0) is 26.0 Å². The second-order valence-corrected chi connectivity index (χ2v) is 4.40. The summed E-state index contributed by atoms with van der Waals surface area (Å²) in [5.41, 5.74) is 7.44. The Morgan fingerprint density at radius 3 is 2.60 bits per heavy atom. The van der Waals surface area contributed by atoms with Gasteiger partial charge in [0.05, 0.1) is 11.1 Å². The molecule has 1 atom stereocenters. The Morgan fingerprint density at radius 2 is 2.00 bits per heavy atom. The molecule has 0 aliphatic carbocycles. The van der Waals surface area contributed by atoms with Crippen LogP contribution in [0.25, 0.3) is 11.0 Å². The molecule has 2 nitrogen and oxygen atoms in total. The van der Waals surface area contributed by atoms with Crippen molar-refractivity contribution in [1.29, 1.82) is 0 Å². The predicted octanol–water partition coefficient (Wildman–Crippen LogP) is 4.07. The summed E-state index contributed by atoms with van der Waals surface area (Å²) in [6, 6.07) is 3.51. The van der Waals surface area contributed by atoms with Crippen molar-refractivity contribution in [2.75, 3.05) is 0 Å². The summed E-state index contributed by atoms with van der Waals surface area (Å²) in [5.74, 6) is 0.758. The first-order valence-electron chi connectivity index (χ1n) is 4.65. The Bertz CT molecular complexity index is 517. The minimum Gasteiger partial charge on any atom is -0.458 e. The van der Waals surface area contributed by atoms with E-state index >= 15 is 0 Å². The zero-order valence-electron chi connectivity index (χ0n) is 8.47. The van der Waals surface area contributed by atoms with Gasteiger partial charge in [-0.3, -0.25) is 0 Å². The molecule has 2 aromatic rings. The SMILES string of the molecule is Cc1c(C(C)N)oc2c(Cl)c(Cl)ccc12. The number of hydrogen-bond acceptors (Lipinski definition) is 2. The average molecular weight is 244 g/mol. The highest BCUT2D eigenvalue weighted by Gasteiger charge is 2.16. The Hall–Kier alpha value is -0.700. The lowest BCUT2D eigenvalue weighted by Gasteiger charge is -2.00. The Balaban J connectivity index is 2.82. The van der Waals surface area contributed by atoms with Crippen molar-refractivity contribution in [3.8, 4) is 0 Å². The number of aryl methyl sites for hydroxylation is 1. The van der Waals surface area contributed by atoms with Gasteiger partial charge in [-0.2, -0.15) is 0 Å². The summed E-state index contributed by atoms with van der Waals surface area (Å²) in [5, 5.41) is 1.91. The van der Waals surface area contributed by atoms with Crippen molar-refractivity contribution >= 4 is 34.2 Å². The zero-order chi connectivity index (χ0) is 11.2. The van der Waals surface area contributed by atoms with E-state index in [1.807, 2.05) is 19.9 Å². The number of nitrogens with two attached hydrogens (primary N) is 1. The smallest absolute Gasteiger partial charge is 0.154 e. The molecule has 0 amide bonds. The van der Waals surface area contributed by atoms with Crippen LogP contribution in [0.4, 0.5) is 0 Å². The molecule has 15 heavy (non-hydrogen) atoms. The van der Waals surface area contributed by atoms with E-state index in [0.717, 1.165) is 16.7 Å². The van der Waals surface area contributed by atoms with E-state index in [1.165, 1.54) is 0 Å². The molecule has 0 bridgehead atoms. The summed E-state index contributed by atoms with van der Waals surface area (Å²) >= 11 is 12.0. The second kappa shape index (κ2) is 3.71. The molecule has 0 aliphatic heterocycles. The number of fused-ring (bicyclic) bond motifs is 1. The van der Waals surface area contributed by atoms with E-state index in [9.17, 15) is 0 Å². The molecule has 4 heteroatoms. The van der Waals surface area contributed by atoms with Crippen LogP contribution in [-0.4, -0.2) is 0 Å². The number of furan rings is 1. The quantitative estimate of drug-likeness (QED) is 0.821. The van der Waals surface area contributed by atoms with Crippen LogP contribution in [0.2, 0.25) is 10.0 Å². The third-order valence-corrected chi connectivity index (χ3v) is 3.24. The molecule has 80 valence electrons. The minimum absolute atomic E-state index is 0.146. The monoisotopic (exact) mass is 243 g/mol. The lowest BCUT2D eigenvalue weighted by Crippen LogP contribution is -2.04. The summed E-state index contributed by atoms with van der Waals surface area (Å²) in [4.78, 5) is 0. The molecule has 2 rings (SSSR count). The largest absolute Gasteiger partial charge is 0.458 e. The maximum absolute atomic E-state index is 6.05. The first-order chi connectivity index (χ1) is 7.02. The number of halogens is 2. The first kappa shape index (κ1) is 10.8. The van der Waals surface area contributed by atoms with Crippen molar-refractivity contribution in [1.82, 2.24) is 0 Å². The molecular weight excluding hydrogens is 233 g/mol. The van der Waals surface area contributed by atoms with Gasteiger partial charge in [-0.1, -0.05) is 23.2 Å². The summed E-state index contributed by atoms with van der Waals surface area (Å²) in [6.07, 6.45) is 0. The first-order valence-corrected chi connectivity index (χ1v) is 5.40. The number of rotatable bonds is 1. The van der Waals surface area contributed by atoms with Crippen LogP contribution in [0.5, 0.6) is 0 Å². The molecule has 0 fully saturated rings. The van der Waals surface area contributed by atoms with E-state index in [1.54, 1.807) is 6.07 Å². The van der Waals surface area contributed by atoms with Crippen LogP contribution < -0.4 is 5.73 Å². The number of benzene rings is 1. The van der Waals surface area contributed by atoms with E-state index in [2.05, 4.69) is 0 Å². The normalized spacial score (nSPS) is 13.4. The molecule has 0 radical (unpaired) electrons. The van der Waals surface area contributed by atoms with E-state index in [0.29, 0.717) is 15.6 Å². The Morgan fingerprint density at radius 1 is 1.33 bits per heavy atom. The zero-order valence-corrected chi connectivity index (χ0v) is 9.99. The molecule has 2 N–H and O–H groups in total. The van der Waals surface area contributed by atoms with Crippen LogP contribution in [0, 0.1) is 6.92 Å². The molecule has 0 saturated heterocycles. The van der Waals surface area contributed by atoms with Gasteiger partial charge in [-0.25, -0.2) is 0 Å². The second-order valence-electron chi connectivity index (χ2n) is 3.62. The van der Waals surface area contributed by atoms with Gasteiger partial charge in [-0.15, -0.1) is 0 Å². The number of hydrogen-bond donors (Lipinski definition) is 1. The highest BCUT2D eigenvalue weighted by molar-refractivity contribution is 6.44. The fraction of sp³-hybridized carbons (Fsp3) is 0.273. The van der Waals surface area contributed by atoms with Crippen molar-refractivity contribution in [2.24, 2.45) is 5.73 Å². The highest BCUT2D eigenvalue weighted by Crippen LogP contribution is 2.36. The summed E-state index contributed by atoms with van der Waals surface area (Å²) in [6.45, 7) is 3.84. The minimum atomic E-state index is -0.146. The van der Waals surface area contributed by atoms with E-state index < -0.39 is 0 Å². The average Bonchev–Trinajstić information content (AvgIpc) is 2.51. The van der Waals surface area contributed by atoms with Crippen molar-refractivity contribution in [3.05, 3.63) is 33.5 Å². The molecule has 1 aromatic heterocycles. The molecule has 0 saturated carbocycles. The van der Waals surface area contributed by atoms with Crippen LogP contribution in [-0.2, 0) is 0 Å². The fourth-order valence-electron chi connectivity index (χ4n) is 1.68. The van der Waals surface area contributed by atoms with Crippen molar-refractivity contribution in [2.45, 2.75) is 19.9 Å². The van der Waals surface area contributed by atoms with Crippen molar-refractivity contribution in [3.63, 3.8) is 0 Å². The van der Waals surface area contributed by atoms with Crippen LogP contribution in [0.1, 0.15) is 24.3 Å². The van der Waals surface area contributed by atoms with Gasteiger partial charge in [0.2, 0.25) is 0 Å². The lowest BCUT2D eigenvalue weighted by atomic mass is 10.1. The van der Waals surface area contributed by atoms with Gasteiger partial charge in [0.25, 0.3) is 0 Å². The summed E-state index contributed by atoms with van der Waals surface area (Å²) < 4.78 is 5.63. The Kier molecular flexibility index (Phi) is 2.67. The maximum atomic E-state index is 6.05. The molecule has 0 aliphatic rings. The Labute approximate surface area is 97.9 Å². The van der Waals surface area contributed by atoms with E-state index in [4.69, 9.17) is 33.4 Å². The summed E-state index contributed by atoms with van der Waals surface area (Å²) in [7, 11) is 0. The third-order valence-electron chi connectivity index (χ3n) is 2.45. The van der Waals surface area contributed by atoms with Gasteiger partial charge in [0.1, 0.15) is 10.8 Å². The highest BCUT2D eigenvalue weighted by atomic mass is 35.5. The standard InChI is InChI=1S/C11H11Cl2NO/c1-5-7-3-4-8(12)9(13)11(7)15-10(5)6(2)14/h3-4,6H,14H2,1-2H3. The fourth-order valence-corrected chi connectivity index (χ4v) is 2.03. The molecular formula is C11H11Cl2NO. The maximum Gasteiger partial charge on any atom is 0.154 e. The van der Waals surface area contributed by atoms with Crippen LogP contribution in [0.3, 0.4) is 0 Å². The topological polar surface area (TPSA) is 39.2 Å². The lowest BCUT2D eigenvalue weighted by molar-refractivity contribution is 0.509. The van der Waals surface area contributed by atoms with Crippen molar-refractivity contribution < 1.29 is 4.42 Å². The molecule has 1 unspecified atom stereocenters. The van der Waals surface area contributed by atoms with Gasteiger partial charge in [0, 0.05) is 10.9 Å². The molecule has 0 spiro atoms. The van der Waals surface area contributed by atoms with Crippen LogP contribution in [0.15, 0.2) is 16.5 Å². The van der Waals surface area contributed by atoms with E-state index in [-0.39, 0.29) is 6.04 Å². The van der Waals surface area contributed by atoms with Gasteiger partial charge in [0.15, 0.2) is 5.58 Å². The van der Waals surface area contributed by atoms with Gasteiger partial charge < -0.3 is 10.2 Å². The van der Waals surface area contributed by atoms with Crippen LogP contribution >= 0.6 is 23.2 Å². The predicted molar refractivity (Wildman–Crippen MR) is 63.6 cm³/mol. The molecule has 1 aromatic carbocycles. The molecule has 1 heterocycles.